The zero-order valence-electron chi connectivity index (χ0n) is 16.5. The van der Waals surface area contributed by atoms with E-state index in [4.69, 9.17) is 21.1 Å². The van der Waals surface area contributed by atoms with E-state index in [1.165, 1.54) is 4.88 Å². The van der Waals surface area contributed by atoms with E-state index in [9.17, 15) is 4.79 Å². The predicted molar refractivity (Wildman–Crippen MR) is 119 cm³/mol. The third-order valence-electron chi connectivity index (χ3n) is 5.40. The fourth-order valence-corrected chi connectivity index (χ4v) is 4.81. The maximum Gasteiger partial charge on any atom is 0.231 e. The van der Waals surface area contributed by atoms with Gasteiger partial charge >= 0.3 is 0 Å². The lowest BCUT2D eigenvalue weighted by atomic mass is 10.00. The number of hydrogen-bond acceptors (Lipinski definition) is 5. The van der Waals surface area contributed by atoms with Crippen molar-refractivity contribution in [3.05, 3.63) is 85.8 Å². The third kappa shape index (κ3) is 3.65. The van der Waals surface area contributed by atoms with E-state index in [0.717, 1.165) is 42.0 Å². The van der Waals surface area contributed by atoms with Crippen LogP contribution < -0.4 is 9.47 Å². The summed E-state index contributed by atoms with van der Waals surface area (Å²) in [6.07, 6.45) is 2.73. The minimum absolute atomic E-state index is 0.105. The Balaban J connectivity index is 1.39. The number of carbonyl (C=O) groups excluding carboxylic acids is 1. The van der Waals surface area contributed by atoms with Crippen LogP contribution in [0.1, 0.15) is 31.9 Å². The SMILES string of the molecule is Cc1c2c(cc3c1O/C(=C\c1cccc(Cl)c1)C3=O)CN(CCc1cccs1)CO2. The Morgan fingerprint density at radius 1 is 1.20 bits per heavy atom. The number of fused-ring (bicyclic) bond motifs is 2. The van der Waals surface area contributed by atoms with Crippen LogP contribution in [0, 0.1) is 6.92 Å². The number of allylic oxidation sites excluding steroid dienone is 1. The van der Waals surface area contributed by atoms with Crippen molar-refractivity contribution in [2.75, 3.05) is 13.3 Å². The number of nitrogens with zero attached hydrogens (tertiary/aromatic N) is 1. The molecule has 2 aliphatic rings. The maximum absolute atomic E-state index is 13.0. The first-order valence-electron chi connectivity index (χ1n) is 9.82. The van der Waals surface area contributed by atoms with E-state index in [0.29, 0.717) is 28.8 Å². The quantitative estimate of drug-likeness (QED) is 0.489. The number of Topliss-reactive ketones (excluding diaryl/α,β-unsaturated/α-hetero) is 1. The predicted octanol–water partition coefficient (Wildman–Crippen LogP) is 5.72. The summed E-state index contributed by atoms with van der Waals surface area (Å²) in [6, 6.07) is 13.5. The number of halogens is 1. The molecule has 5 rings (SSSR count). The van der Waals surface area contributed by atoms with Gasteiger partial charge in [-0.25, -0.2) is 0 Å². The van der Waals surface area contributed by atoms with Crippen molar-refractivity contribution in [3.63, 3.8) is 0 Å². The van der Waals surface area contributed by atoms with Gasteiger partial charge in [-0.05, 0) is 54.6 Å². The molecule has 0 saturated carbocycles. The number of ketones is 1. The minimum atomic E-state index is -0.105. The standard InChI is InChI=1S/C24H20ClNO3S/c1-15-23-17(13-26(14-28-23)8-7-19-6-3-9-30-19)12-20-22(27)21(29-24(15)20)11-16-4-2-5-18(25)10-16/h2-6,9-12H,7-8,13-14H2,1H3/b21-11-. The van der Waals surface area contributed by atoms with Crippen molar-refractivity contribution in [3.8, 4) is 11.5 Å². The fraction of sp³-hybridized carbons (Fsp3) is 0.208. The number of hydrogen-bond donors (Lipinski definition) is 0. The van der Waals surface area contributed by atoms with Gasteiger partial charge in [0.2, 0.25) is 5.78 Å². The highest BCUT2D eigenvalue weighted by Gasteiger charge is 2.33. The van der Waals surface area contributed by atoms with Crippen LogP contribution in [0.2, 0.25) is 5.02 Å². The first kappa shape index (κ1) is 19.4. The highest BCUT2D eigenvalue weighted by atomic mass is 35.5. The molecule has 30 heavy (non-hydrogen) atoms. The van der Waals surface area contributed by atoms with Crippen molar-refractivity contribution >= 4 is 34.8 Å². The van der Waals surface area contributed by atoms with Gasteiger partial charge in [0.15, 0.2) is 5.76 Å². The van der Waals surface area contributed by atoms with Crippen LogP contribution in [0.25, 0.3) is 6.08 Å². The zero-order chi connectivity index (χ0) is 20.7. The second-order valence-corrected chi connectivity index (χ2v) is 8.99. The number of carbonyl (C=O) groups is 1. The summed E-state index contributed by atoms with van der Waals surface area (Å²) in [5, 5.41) is 2.72. The molecule has 0 saturated heterocycles. The molecular weight excluding hydrogens is 418 g/mol. The van der Waals surface area contributed by atoms with E-state index >= 15 is 0 Å². The van der Waals surface area contributed by atoms with Crippen LogP contribution in [0.3, 0.4) is 0 Å². The Labute approximate surface area is 184 Å². The molecule has 0 aliphatic carbocycles. The van der Waals surface area contributed by atoms with E-state index in [1.807, 2.05) is 25.1 Å². The molecule has 0 radical (unpaired) electrons. The molecule has 0 N–H and O–H groups in total. The first-order valence-corrected chi connectivity index (χ1v) is 11.1. The van der Waals surface area contributed by atoms with Gasteiger partial charge in [0.25, 0.3) is 0 Å². The maximum atomic E-state index is 13.0. The van der Waals surface area contributed by atoms with Gasteiger partial charge in [-0.15, -0.1) is 11.3 Å². The van der Waals surface area contributed by atoms with Gasteiger partial charge < -0.3 is 9.47 Å². The molecule has 0 bridgehead atoms. The topological polar surface area (TPSA) is 38.8 Å². The third-order valence-corrected chi connectivity index (χ3v) is 6.57. The first-order chi connectivity index (χ1) is 14.6. The fourth-order valence-electron chi connectivity index (χ4n) is 3.91. The number of rotatable bonds is 4. The van der Waals surface area contributed by atoms with Crippen molar-refractivity contribution in [2.45, 2.75) is 19.9 Å². The molecule has 2 aliphatic heterocycles. The Hall–Kier alpha value is -2.60. The van der Waals surface area contributed by atoms with E-state index in [2.05, 4.69) is 22.4 Å². The molecule has 0 spiro atoms. The zero-order valence-corrected chi connectivity index (χ0v) is 18.1. The lowest BCUT2D eigenvalue weighted by Crippen LogP contribution is -2.34. The lowest BCUT2D eigenvalue weighted by molar-refractivity contribution is 0.0956. The summed E-state index contributed by atoms with van der Waals surface area (Å²) in [7, 11) is 0. The molecule has 1 aromatic heterocycles. The van der Waals surface area contributed by atoms with Crippen LogP contribution in [0.4, 0.5) is 0 Å². The molecule has 2 aromatic carbocycles. The van der Waals surface area contributed by atoms with Crippen molar-refractivity contribution < 1.29 is 14.3 Å². The van der Waals surface area contributed by atoms with Crippen LogP contribution in [-0.4, -0.2) is 24.0 Å². The number of thiophene rings is 1. The smallest absolute Gasteiger partial charge is 0.231 e. The monoisotopic (exact) mass is 437 g/mol. The van der Waals surface area contributed by atoms with E-state index in [1.54, 1.807) is 29.5 Å². The number of ether oxygens (including phenoxy) is 2. The average Bonchev–Trinajstić information content (AvgIpc) is 3.36. The molecule has 4 nitrogen and oxygen atoms in total. The van der Waals surface area contributed by atoms with Gasteiger partial charge in [0.1, 0.15) is 18.2 Å². The largest absolute Gasteiger partial charge is 0.477 e. The van der Waals surface area contributed by atoms with Gasteiger partial charge in [-0.1, -0.05) is 29.8 Å². The second-order valence-electron chi connectivity index (χ2n) is 7.52. The Kier molecular flexibility index (Phi) is 5.11. The summed E-state index contributed by atoms with van der Waals surface area (Å²) >= 11 is 7.84. The Bertz CT molecular complexity index is 1150. The normalized spacial score (nSPS) is 16.9. The molecule has 0 unspecified atom stereocenters. The molecule has 0 fully saturated rings. The van der Waals surface area contributed by atoms with Crippen LogP contribution in [0.15, 0.2) is 53.6 Å². The summed E-state index contributed by atoms with van der Waals surface area (Å²) in [5.41, 5.74) is 3.34. The molecule has 0 amide bonds. The van der Waals surface area contributed by atoms with Gasteiger partial charge in [0, 0.05) is 34.1 Å². The van der Waals surface area contributed by atoms with Crippen LogP contribution in [-0.2, 0) is 13.0 Å². The summed E-state index contributed by atoms with van der Waals surface area (Å²) < 4.78 is 12.0. The molecule has 6 heteroatoms. The van der Waals surface area contributed by atoms with Crippen molar-refractivity contribution in [2.24, 2.45) is 0 Å². The second kappa shape index (κ2) is 7.91. The molecule has 0 atom stereocenters. The van der Waals surface area contributed by atoms with Crippen molar-refractivity contribution in [1.82, 2.24) is 4.90 Å². The summed E-state index contributed by atoms with van der Waals surface area (Å²) in [6.45, 7) is 4.17. The average molecular weight is 438 g/mol. The summed E-state index contributed by atoms with van der Waals surface area (Å²) in [4.78, 5) is 16.6. The van der Waals surface area contributed by atoms with Gasteiger partial charge in [-0.3, -0.25) is 9.69 Å². The highest BCUT2D eigenvalue weighted by Crippen LogP contribution is 2.43. The highest BCUT2D eigenvalue weighted by molar-refractivity contribution is 7.09. The summed E-state index contributed by atoms with van der Waals surface area (Å²) in [5.74, 6) is 1.64. The Morgan fingerprint density at radius 3 is 2.90 bits per heavy atom. The number of benzene rings is 2. The van der Waals surface area contributed by atoms with E-state index < -0.39 is 0 Å². The Morgan fingerprint density at radius 2 is 2.10 bits per heavy atom. The van der Waals surface area contributed by atoms with Crippen LogP contribution >= 0.6 is 22.9 Å². The molecule has 3 aromatic rings. The van der Waals surface area contributed by atoms with Gasteiger partial charge in [-0.2, -0.15) is 0 Å². The van der Waals surface area contributed by atoms with Crippen molar-refractivity contribution in [1.29, 1.82) is 0 Å². The van der Waals surface area contributed by atoms with Gasteiger partial charge in [0.05, 0.1) is 5.56 Å². The minimum Gasteiger partial charge on any atom is -0.477 e. The van der Waals surface area contributed by atoms with E-state index in [-0.39, 0.29) is 5.78 Å². The molecule has 152 valence electrons. The molecular formula is C24H20ClNO3S. The van der Waals surface area contributed by atoms with Crippen LogP contribution in [0.5, 0.6) is 11.5 Å². The lowest BCUT2D eigenvalue weighted by Gasteiger charge is -2.30. The molecule has 3 heterocycles.